The fourth-order valence-corrected chi connectivity index (χ4v) is 1.69. The van der Waals surface area contributed by atoms with Crippen LogP contribution in [0.3, 0.4) is 0 Å². The second-order valence-electron chi connectivity index (χ2n) is 3.59. The summed E-state index contributed by atoms with van der Waals surface area (Å²) in [5.41, 5.74) is 0.660. The van der Waals surface area contributed by atoms with E-state index in [1.165, 1.54) is 19.2 Å². The maximum Gasteiger partial charge on any atom is 0.149 e. The molecule has 18 heavy (non-hydrogen) atoms. The molecule has 0 aliphatic heterocycles. The highest BCUT2D eigenvalue weighted by molar-refractivity contribution is 6.31. The van der Waals surface area contributed by atoms with Gasteiger partial charge in [0.15, 0.2) is 0 Å². The van der Waals surface area contributed by atoms with Gasteiger partial charge in [-0.2, -0.15) is 0 Å². The molecule has 0 unspecified atom stereocenters. The van der Waals surface area contributed by atoms with E-state index in [0.717, 1.165) is 6.07 Å². The van der Waals surface area contributed by atoms with Crippen molar-refractivity contribution < 1.29 is 13.5 Å². The predicted octanol–water partition coefficient (Wildman–Crippen LogP) is 4.37. The Morgan fingerprint density at radius 2 is 1.83 bits per heavy atom. The van der Waals surface area contributed by atoms with E-state index >= 15 is 0 Å². The predicted molar refractivity (Wildman–Crippen MR) is 67.6 cm³/mol. The first-order valence-corrected chi connectivity index (χ1v) is 5.53. The van der Waals surface area contributed by atoms with Crippen LogP contribution in [0.5, 0.6) is 5.75 Å². The summed E-state index contributed by atoms with van der Waals surface area (Å²) in [5.74, 6) is -0.795. The van der Waals surface area contributed by atoms with Crippen LogP contribution in [0, 0.1) is 11.6 Å². The van der Waals surface area contributed by atoms with Crippen molar-refractivity contribution in [3.05, 3.63) is 53.1 Å². The van der Waals surface area contributed by atoms with E-state index in [4.69, 9.17) is 16.3 Å². The Labute approximate surface area is 108 Å². The first-order chi connectivity index (χ1) is 8.60. The van der Waals surface area contributed by atoms with Gasteiger partial charge in [-0.25, -0.2) is 8.78 Å². The van der Waals surface area contributed by atoms with Gasteiger partial charge in [0, 0.05) is 11.1 Å². The summed E-state index contributed by atoms with van der Waals surface area (Å²) in [6.07, 6.45) is 0. The molecular formula is C13H10ClF2NO. The van der Waals surface area contributed by atoms with Crippen molar-refractivity contribution in [3.63, 3.8) is 0 Å². The molecule has 0 fully saturated rings. The molecule has 0 aliphatic carbocycles. The molecule has 0 saturated heterocycles. The molecule has 0 amide bonds. The molecule has 2 nitrogen and oxygen atoms in total. The Morgan fingerprint density at radius 3 is 2.50 bits per heavy atom. The zero-order valence-corrected chi connectivity index (χ0v) is 10.3. The fraction of sp³-hybridized carbons (Fsp3) is 0.0769. The van der Waals surface area contributed by atoms with Crippen molar-refractivity contribution in [1.29, 1.82) is 0 Å². The zero-order chi connectivity index (χ0) is 13.1. The summed E-state index contributed by atoms with van der Waals surface area (Å²) in [5, 5.41) is 3.30. The molecule has 94 valence electrons. The highest BCUT2D eigenvalue weighted by Gasteiger charge is 2.08. The van der Waals surface area contributed by atoms with Crippen LogP contribution in [0.15, 0.2) is 36.4 Å². The van der Waals surface area contributed by atoms with E-state index in [2.05, 4.69) is 5.32 Å². The molecule has 2 aromatic rings. The van der Waals surface area contributed by atoms with E-state index in [1.54, 1.807) is 18.2 Å². The van der Waals surface area contributed by atoms with Crippen molar-refractivity contribution in [2.45, 2.75) is 0 Å². The van der Waals surface area contributed by atoms with Crippen LogP contribution in [0.4, 0.5) is 20.2 Å². The average molecular weight is 270 g/mol. The van der Waals surface area contributed by atoms with Crippen LogP contribution >= 0.6 is 11.6 Å². The van der Waals surface area contributed by atoms with Crippen molar-refractivity contribution in [2.75, 3.05) is 12.4 Å². The quantitative estimate of drug-likeness (QED) is 0.893. The minimum absolute atomic E-state index is 0.150. The maximum absolute atomic E-state index is 13.5. The van der Waals surface area contributed by atoms with Gasteiger partial charge in [0.05, 0.1) is 18.5 Å². The molecule has 2 aromatic carbocycles. The number of nitrogens with one attached hydrogen (secondary N) is 1. The van der Waals surface area contributed by atoms with E-state index in [-0.39, 0.29) is 5.69 Å². The molecule has 5 heteroatoms. The van der Waals surface area contributed by atoms with Crippen molar-refractivity contribution in [3.8, 4) is 5.75 Å². The van der Waals surface area contributed by atoms with Crippen LogP contribution in [-0.2, 0) is 0 Å². The lowest BCUT2D eigenvalue weighted by molar-refractivity contribution is 0.417. The summed E-state index contributed by atoms with van der Waals surface area (Å²) < 4.78 is 31.4. The second-order valence-corrected chi connectivity index (χ2v) is 4.03. The van der Waals surface area contributed by atoms with Crippen LogP contribution in [0.2, 0.25) is 5.02 Å². The van der Waals surface area contributed by atoms with Crippen LogP contribution in [-0.4, -0.2) is 7.11 Å². The normalized spacial score (nSPS) is 10.2. The maximum atomic E-state index is 13.5. The molecule has 0 heterocycles. The Hall–Kier alpha value is -1.81. The number of benzene rings is 2. The molecule has 0 saturated carbocycles. The molecule has 0 aromatic heterocycles. The van der Waals surface area contributed by atoms with Gasteiger partial charge in [-0.3, -0.25) is 0 Å². The lowest BCUT2D eigenvalue weighted by Gasteiger charge is -2.12. The van der Waals surface area contributed by atoms with E-state index < -0.39 is 11.6 Å². The number of halogens is 3. The average Bonchev–Trinajstić information content (AvgIpc) is 2.33. The number of hydrogen-bond acceptors (Lipinski definition) is 2. The van der Waals surface area contributed by atoms with E-state index in [1.807, 2.05) is 0 Å². The van der Waals surface area contributed by atoms with Gasteiger partial charge in [0.2, 0.25) is 0 Å². The van der Waals surface area contributed by atoms with Crippen molar-refractivity contribution in [2.24, 2.45) is 0 Å². The lowest BCUT2D eigenvalue weighted by atomic mass is 10.2. The molecule has 0 aliphatic rings. The third-order valence-electron chi connectivity index (χ3n) is 2.36. The monoisotopic (exact) mass is 269 g/mol. The highest BCUT2D eigenvalue weighted by atomic mass is 35.5. The molecular weight excluding hydrogens is 260 g/mol. The molecule has 0 atom stereocenters. The first-order valence-electron chi connectivity index (χ1n) is 5.16. The number of ether oxygens (including phenoxy) is 1. The molecule has 0 spiro atoms. The highest BCUT2D eigenvalue weighted by Crippen LogP contribution is 2.31. The summed E-state index contributed by atoms with van der Waals surface area (Å²) in [7, 11) is 1.50. The largest absolute Gasteiger partial charge is 0.495 e. The molecule has 2 rings (SSSR count). The lowest BCUT2D eigenvalue weighted by Crippen LogP contribution is -1.97. The topological polar surface area (TPSA) is 21.3 Å². The third kappa shape index (κ3) is 2.71. The Balaban J connectivity index is 2.36. The smallest absolute Gasteiger partial charge is 0.149 e. The second kappa shape index (κ2) is 5.23. The zero-order valence-electron chi connectivity index (χ0n) is 9.51. The Morgan fingerprint density at radius 1 is 1.06 bits per heavy atom. The van der Waals surface area contributed by atoms with Crippen molar-refractivity contribution in [1.82, 2.24) is 0 Å². The summed E-state index contributed by atoms with van der Waals surface area (Å²) in [4.78, 5) is 0. The first kappa shape index (κ1) is 12.6. The van der Waals surface area contributed by atoms with Crippen LogP contribution in [0.1, 0.15) is 0 Å². The summed E-state index contributed by atoms with van der Waals surface area (Å²) in [6, 6.07) is 8.20. The minimum atomic E-state index is -0.683. The van der Waals surface area contributed by atoms with Gasteiger partial charge in [-0.15, -0.1) is 0 Å². The van der Waals surface area contributed by atoms with Crippen LogP contribution in [0.25, 0.3) is 0 Å². The summed E-state index contributed by atoms with van der Waals surface area (Å²) in [6.45, 7) is 0. The third-order valence-corrected chi connectivity index (χ3v) is 2.60. The van der Waals surface area contributed by atoms with E-state index in [9.17, 15) is 8.78 Å². The van der Waals surface area contributed by atoms with Gasteiger partial charge >= 0.3 is 0 Å². The minimum Gasteiger partial charge on any atom is -0.495 e. The van der Waals surface area contributed by atoms with E-state index in [0.29, 0.717) is 16.5 Å². The van der Waals surface area contributed by atoms with Gasteiger partial charge < -0.3 is 10.1 Å². The molecule has 0 bridgehead atoms. The number of rotatable bonds is 3. The molecule has 1 N–H and O–H groups in total. The number of methoxy groups -OCH3 is 1. The fourth-order valence-electron chi connectivity index (χ4n) is 1.51. The molecule has 0 radical (unpaired) electrons. The Bertz CT molecular complexity index is 575. The van der Waals surface area contributed by atoms with Crippen LogP contribution < -0.4 is 10.1 Å². The van der Waals surface area contributed by atoms with Crippen molar-refractivity contribution >= 4 is 23.0 Å². The number of anilines is 2. The van der Waals surface area contributed by atoms with Gasteiger partial charge in [-0.1, -0.05) is 11.6 Å². The van der Waals surface area contributed by atoms with Gasteiger partial charge in [-0.05, 0) is 30.3 Å². The Kier molecular flexibility index (Phi) is 3.67. The summed E-state index contributed by atoms with van der Waals surface area (Å²) >= 11 is 5.86. The van der Waals surface area contributed by atoms with Gasteiger partial charge in [0.25, 0.3) is 0 Å². The van der Waals surface area contributed by atoms with Gasteiger partial charge in [0.1, 0.15) is 17.4 Å². The number of hydrogen-bond donors (Lipinski definition) is 1. The standard InChI is InChI=1S/C13H10ClF2NO/c1-18-13-5-2-8(14)6-12(13)17-11-4-3-9(15)7-10(11)16/h2-7,17H,1H3. The SMILES string of the molecule is COc1ccc(Cl)cc1Nc1ccc(F)cc1F.